The fraction of sp³-hybridized carbons (Fsp3) is 0.176. The molecule has 1 aromatic heterocycles. The first-order chi connectivity index (χ1) is 10.4. The minimum atomic E-state index is 0.967. The van der Waals surface area contributed by atoms with Crippen molar-refractivity contribution in [2.75, 3.05) is 11.9 Å². The van der Waals surface area contributed by atoms with Gasteiger partial charge in [-0.3, -0.25) is 0 Å². The number of hydrogen-bond donors (Lipinski definition) is 1. The van der Waals surface area contributed by atoms with Gasteiger partial charge >= 0.3 is 0 Å². The Balaban J connectivity index is 1.47. The van der Waals surface area contributed by atoms with Crippen LogP contribution in [0.25, 0.3) is 5.69 Å². The van der Waals surface area contributed by atoms with E-state index in [0.29, 0.717) is 0 Å². The third-order valence-corrected chi connectivity index (χ3v) is 3.33. The van der Waals surface area contributed by atoms with E-state index in [1.807, 2.05) is 12.1 Å². The minimum Gasteiger partial charge on any atom is -0.385 e. The van der Waals surface area contributed by atoms with Crippen molar-refractivity contribution < 1.29 is 0 Å². The Labute approximate surface area is 124 Å². The molecule has 3 aromatic rings. The average Bonchev–Trinajstić information content (AvgIpc) is 3.08. The van der Waals surface area contributed by atoms with E-state index >= 15 is 0 Å². The van der Waals surface area contributed by atoms with Gasteiger partial charge in [0.15, 0.2) is 0 Å². The van der Waals surface area contributed by atoms with Gasteiger partial charge in [0.2, 0.25) is 0 Å². The first kappa shape index (κ1) is 13.4. The molecule has 4 nitrogen and oxygen atoms in total. The molecule has 2 aromatic carbocycles. The summed E-state index contributed by atoms with van der Waals surface area (Å²) in [5.41, 5.74) is 3.48. The molecule has 0 fully saturated rings. The Morgan fingerprint density at radius 2 is 1.57 bits per heavy atom. The quantitative estimate of drug-likeness (QED) is 0.703. The molecule has 0 amide bonds. The zero-order valence-electron chi connectivity index (χ0n) is 11.8. The largest absolute Gasteiger partial charge is 0.385 e. The van der Waals surface area contributed by atoms with E-state index in [-0.39, 0.29) is 0 Å². The number of nitrogens with zero attached hydrogens (tertiary/aromatic N) is 3. The van der Waals surface area contributed by atoms with Crippen molar-refractivity contribution in [3.05, 3.63) is 72.6 Å². The maximum Gasteiger partial charge on any atom is 0.0858 e. The lowest BCUT2D eigenvalue weighted by atomic mass is 10.1. The summed E-state index contributed by atoms with van der Waals surface area (Å²) in [6.07, 6.45) is 5.57. The number of hydrogen-bond acceptors (Lipinski definition) is 3. The summed E-state index contributed by atoms with van der Waals surface area (Å²) in [5, 5.41) is 11.7. The number of benzene rings is 2. The van der Waals surface area contributed by atoms with Crippen molar-refractivity contribution >= 4 is 5.69 Å². The van der Waals surface area contributed by atoms with Gasteiger partial charge in [-0.05, 0) is 42.7 Å². The zero-order chi connectivity index (χ0) is 14.3. The Bertz CT molecular complexity index is 645. The van der Waals surface area contributed by atoms with Crippen LogP contribution in [0.5, 0.6) is 0 Å². The summed E-state index contributed by atoms with van der Waals surface area (Å²) in [4.78, 5) is 1.61. The molecule has 1 heterocycles. The van der Waals surface area contributed by atoms with Crippen molar-refractivity contribution in [3.8, 4) is 5.69 Å². The molecule has 0 aliphatic heterocycles. The summed E-state index contributed by atoms with van der Waals surface area (Å²) in [7, 11) is 0. The highest BCUT2D eigenvalue weighted by Gasteiger charge is 1.98. The van der Waals surface area contributed by atoms with Gasteiger partial charge in [-0.15, -0.1) is 0 Å². The molecule has 0 aliphatic carbocycles. The fourth-order valence-corrected chi connectivity index (χ4v) is 2.23. The van der Waals surface area contributed by atoms with Gasteiger partial charge < -0.3 is 5.32 Å². The summed E-state index contributed by atoms with van der Waals surface area (Å²) in [6, 6.07) is 18.7. The molecule has 3 rings (SSSR count). The smallest absolute Gasteiger partial charge is 0.0858 e. The van der Waals surface area contributed by atoms with E-state index in [1.165, 1.54) is 5.56 Å². The van der Waals surface area contributed by atoms with Crippen molar-refractivity contribution in [2.24, 2.45) is 0 Å². The van der Waals surface area contributed by atoms with Gasteiger partial charge in [0, 0.05) is 12.2 Å². The number of anilines is 1. The number of aromatic nitrogens is 3. The normalized spacial score (nSPS) is 10.5. The molecule has 21 heavy (non-hydrogen) atoms. The molecule has 0 atom stereocenters. The van der Waals surface area contributed by atoms with Crippen LogP contribution in [0, 0.1) is 0 Å². The topological polar surface area (TPSA) is 42.7 Å². The van der Waals surface area contributed by atoms with Gasteiger partial charge in [-0.2, -0.15) is 15.0 Å². The van der Waals surface area contributed by atoms with E-state index in [1.54, 1.807) is 17.2 Å². The zero-order valence-corrected chi connectivity index (χ0v) is 11.8. The summed E-state index contributed by atoms with van der Waals surface area (Å²) in [6.45, 7) is 0.967. The van der Waals surface area contributed by atoms with E-state index in [4.69, 9.17) is 0 Å². The van der Waals surface area contributed by atoms with Crippen LogP contribution in [0.3, 0.4) is 0 Å². The number of rotatable bonds is 6. The predicted octanol–water partition coefficient (Wildman–Crippen LogP) is 3.31. The first-order valence-electron chi connectivity index (χ1n) is 7.16. The molecule has 0 spiro atoms. The van der Waals surface area contributed by atoms with E-state index in [9.17, 15) is 0 Å². The van der Waals surface area contributed by atoms with E-state index < -0.39 is 0 Å². The number of nitrogens with one attached hydrogen (secondary N) is 1. The Hall–Kier alpha value is -2.62. The van der Waals surface area contributed by atoms with Crippen molar-refractivity contribution in [1.82, 2.24) is 15.0 Å². The van der Waals surface area contributed by atoms with Gasteiger partial charge in [0.25, 0.3) is 0 Å². The molecular weight excluding hydrogens is 260 g/mol. The summed E-state index contributed by atoms with van der Waals surface area (Å²) < 4.78 is 0. The maximum absolute atomic E-state index is 4.11. The first-order valence-corrected chi connectivity index (χ1v) is 7.16. The van der Waals surface area contributed by atoms with Crippen LogP contribution in [0.4, 0.5) is 5.69 Å². The third-order valence-electron chi connectivity index (χ3n) is 3.33. The highest BCUT2D eigenvalue weighted by Crippen LogP contribution is 2.12. The summed E-state index contributed by atoms with van der Waals surface area (Å²) >= 11 is 0. The van der Waals surface area contributed by atoms with Crippen LogP contribution in [-0.4, -0.2) is 21.5 Å². The second-order valence-corrected chi connectivity index (χ2v) is 4.88. The van der Waals surface area contributed by atoms with Crippen LogP contribution in [0.1, 0.15) is 12.0 Å². The third kappa shape index (κ3) is 3.69. The van der Waals surface area contributed by atoms with Gasteiger partial charge in [-0.1, -0.05) is 30.3 Å². The lowest BCUT2D eigenvalue weighted by Gasteiger charge is -2.07. The lowest BCUT2D eigenvalue weighted by molar-refractivity contribution is 0.752. The molecular formula is C17H18N4. The predicted molar refractivity (Wildman–Crippen MR) is 84.6 cm³/mol. The van der Waals surface area contributed by atoms with Crippen LogP contribution in [0.15, 0.2) is 67.0 Å². The van der Waals surface area contributed by atoms with Crippen molar-refractivity contribution in [2.45, 2.75) is 12.8 Å². The van der Waals surface area contributed by atoms with Gasteiger partial charge in [0.1, 0.15) is 0 Å². The fourth-order valence-electron chi connectivity index (χ4n) is 2.23. The SMILES string of the molecule is c1ccc(CCCNc2ccc(-n3nccn3)cc2)cc1. The number of aryl methyl sites for hydroxylation is 1. The Morgan fingerprint density at radius 1 is 0.857 bits per heavy atom. The second-order valence-electron chi connectivity index (χ2n) is 4.88. The average molecular weight is 278 g/mol. The molecule has 0 unspecified atom stereocenters. The lowest BCUT2D eigenvalue weighted by Crippen LogP contribution is -2.03. The van der Waals surface area contributed by atoms with Crippen LogP contribution in [0.2, 0.25) is 0 Å². The molecule has 1 N–H and O–H groups in total. The van der Waals surface area contributed by atoms with E-state index in [0.717, 1.165) is 30.8 Å². The van der Waals surface area contributed by atoms with Gasteiger partial charge in [-0.25, -0.2) is 0 Å². The van der Waals surface area contributed by atoms with Crippen LogP contribution in [-0.2, 0) is 6.42 Å². The Morgan fingerprint density at radius 3 is 2.29 bits per heavy atom. The Kier molecular flexibility index (Phi) is 4.27. The molecule has 106 valence electrons. The monoisotopic (exact) mass is 278 g/mol. The molecule has 0 radical (unpaired) electrons. The van der Waals surface area contributed by atoms with Crippen LogP contribution < -0.4 is 5.32 Å². The highest BCUT2D eigenvalue weighted by molar-refractivity contribution is 5.48. The van der Waals surface area contributed by atoms with Gasteiger partial charge in [0.05, 0.1) is 18.1 Å². The standard InChI is InChI=1S/C17H18N4/c1-2-5-15(6-3-1)7-4-12-18-16-8-10-17(11-9-16)21-19-13-14-20-21/h1-3,5-6,8-11,13-14,18H,4,7,12H2. The molecule has 0 bridgehead atoms. The summed E-state index contributed by atoms with van der Waals surface area (Å²) in [5.74, 6) is 0. The minimum absolute atomic E-state index is 0.967. The molecule has 0 aliphatic rings. The second kappa shape index (κ2) is 6.70. The highest BCUT2D eigenvalue weighted by atomic mass is 15.5. The maximum atomic E-state index is 4.11. The van der Waals surface area contributed by atoms with Crippen LogP contribution >= 0.6 is 0 Å². The molecule has 4 heteroatoms. The van der Waals surface area contributed by atoms with Crippen molar-refractivity contribution in [3.63, 3.8) is 0 Å². The molecule has 0 saturated carbocycles. The molecule has 0 saturated heterocycles. The van der Waals surface area contributed by atoms with E-state index in [2.05, 4.69) is 58.0 Å². The van der Waals surface area contributed by atoms with Crippen molar-refractivity contribution in [1.29, 1.82) is 0 Å².